The largest absolute Gasteiger partial charge is 0.372 e. The van der Waals surface area contributed by atoms with Crippen LogP contribution in [0.5, 0.6) is 0 Å². The molecule has 3 rings (SSSR count). The van der Waals surface area contributed by atoms with Gasteiger partial charge in [0.15, 0.2) is 0 Å². The fourth-order valence-electron chi connectivity index (χ4n) is 3.60. The second-order valence-corrected chi connectivity index (χ2v) is 7.44. The van der Waals surface area contributed by atoms with Crippen LogP contribution >= 0.6 is 0 Å². The standard InChI is InChI=1S/C22H29N3O2/c1-17-7-6-8-18(15-17)21(24(2)3)22(26)25-13-10-20(11-14-25)27-16-19-9-4-5-12-23-19/h4-9,12,15,20-21H,10-11,13-14,16H2,1-3H3. The summed E-state index contributed by atoms with van der Waals surface area (Å²) in [4.78, 5) is 21.4. The third-order valence-electron chi connectivity index (χ3n) is 5.05. The number of hydrogen-bond acceptors (Lipinski definition) is 4. The molecule has 1 fully saturated rings. The zero-order chi connectivity index (χ0) is 19.2. The molecule has 1 atom stereocenters. The number of aryl methyl sites for hydroxylation is 1. The van der Waals surface area contributed by atoms with Crippen LogP contribution in [0.3, 0.4) is 0 Å². The minimum atomic E-state index is -0.240. The molecule has 1 unspecified atom stereocenters. The lowest BCUT2D eigenvalue weighted by atomic mass is 10.0. The Hall–Kier alpha value is -2.24. The molecular weight excluding hydrogens is 338 g/mol. The molecule has 0 saturated carbocycles. The number of likely N-dealkylation sites (N-methyl/N-ethyl adjacent to an activating group) is 1. The van der Waals surface area contributed by atoms with Gasteiger partial charge in [0.05, 0.1) is 18.4 Å². The molecule has 144 valence electrons. The SMILES string of the molecule is Cc1cccc(C(C(=O)N2CCC(OCc3ccccn3)CC2)N(C)C)c1. The number of hydrogen-bond donors (Lipinski definition) is 0. The molecule has 0 aliphatic carbocycles. The van der Waals surface area contributed by atoms with Crippen molar-refractivity contribution in [3.05, 3.63) is 65.5 Å². The van der Waals surface area contributed by atoms with Gasteiger partial charge < -0.3 is 9.64 Å². The van der Waals surface area contributed by atoms with Gasteiger partial charge in [0.25, 0.3) is 0 Å². The van der Waals surface area contributed by atoms with Crippen molar-refractivity contribution < 1.29 is 9.53 Å². The third-order valence-corrected chi connectivity index (χ3v) is 5.05. The number of piperidine rings is 1. The van der Waals surface area contributed by atoms with E-state index in [4.69, 9.17) is 4.74 Å². The van der Waals surface area contributed by atoms with Gasteiger partial charge >= 0.3 is 0 Å². The number of nitrogens with zero attached hydrogens (tertiary/aromatic N) is 3. The number of likely N-dealkylation sites (tertiary alicyclic amines) is 1. The van der Waals surface area contributed by atoms with Gasteiger partial charge in [-0.3, -0.25) is 14.7 Å². The summed E-state index contributed by atoms with van der Waals surface area (Å²) < 4.78 is 5.99. The van der Waals surface area contributed by atoms with Crippen LogP contribution in [0.4, 0.5) is 0 Å². The van der Waals surface area contributed by atoms with Gasteiger partial charge in [0.1, 0.15) is 6.04 Å². The van der Waals surface area contributed by atoms with Crippen molar-refractivity contribution in [2.75, 3.05) is 27.2 Å². The van der Waals surface area contributed by atoms with Gasteiger partial charge in [0.2, 0.25) is 5.91 Å². The van der Waals surface area contributed by atoms with E-state index in [1.165, 1.54) is 5.56 Å². The molecule has 1 saturated heterocycles. The second kappa shape index (κ2) is 9.11. The van der Waals surface area contributed by atoms with E-state index in [0.29, 0.717) is 6.61 Å². The molecule has 2 heterocycles. The van der Waals surface area contributed by atoms with E-state index >= 15 is 0 Å². The first-order valence-corrected chi connectivity index (χ1v) is 9.58. The number of carbonyl (C=O) groups excluding carboxylic acids is 1. The molecule has 1 aromatic heterocycles. The van der Waals surface area contributed by atoms with Crippen LogP contribution in [-0.2, 0) is 16.1 Å². The number of carbonyl (C=O) groups is 1. The summed E-state index contributed by atoms with van der Waals surface area (Å²) in [7, 11) is 3.93. The van der Waals surface area contributed by atoms with Gasteiger partial charge in [-0.15, -0.1) is 0 Å². The summed E-state index contributed by atoms with van der Waals surface area (Å²) in [6, 6.07) is 13.8. The molecule has 1 aliphatic rings. The van der Waals surface area contributed by atoms with Crippen LogP contribution in [0.15, 0.2) is 48.7 Å². The summed E-state index contributed by atoms with van der Waals surface area (Å²) in [6.07, 6.45) is 3.71. The van der Waals surface area contributed by atoms with Gasteiger partial charge in [-0.1, -0.05) is 35.9 Å². The number of rotatable bonds is 6. The first kappa shape index (κ1) is 19.5. The molecule has 0 radical (unpaired) electrons. The first-order valence-electron chi connectivity index (χ1n) is 9.58. The van der Waals surface area contributed by atoms with Gasteiger partial charge in [-0.2, -0.15) is 0 Å². The Morgan fingerprint density at radius 2 is 2.00 bits per heavy atom. The monoisotopic (exact) mass is 367 g/mol. The predicted octanol–water partition coefficient (Wildman–Crippen LogP) is 3.20. The topological polar surface area (TPSA) is 45.7 Å². The number of benzene rings is 1. The lowest BCUT2D eigenvalue weighted by Crippen LogP contribution is -2.45. The normalized spacial score (nSPS) is 16.5. The second-order valence-electron chi connectivity index (χ2n) is 7.44. The Balaban J connectivity index is 1.56. The Bertz CT molecular complexity index is 740. The summed E-state index contributed by atoms with van der Waals surface area (Å²) >= 11 is 0. The van der Waals surface area contributed by atoms with Crippen LogP contribution in [0.2, 0.25) is 0 Å². The van der Waals surface area contributed by atoms with Crippen LogP contribution in [-0.4, -0.2) is 54.0 Å². The average molecular weight is 367 g/mol. The fraction of sp³-hybridized carbons (Fsp3) is 0.455. The maximum Gasteiger partial charge on any atom is 0.244 e. The minimum Gasteiger partial charge on any atom is -0.372 e. The molecule has 1 aliphatic heterocycles. The highest BCUT2D eigenvalue weighted by molar-refractivity contribution is 5.83. The highest BCUT2D eigenvalue weighted by Gasteiger charge is 2.30. The molecule has 2 aromatic rings. The van der Waals surface area contributed by atoms with Gasteiger partial charge in [-0.05, 0) is 51.6 Å². The molecule has 27 heavy (non-hydrogen) atoms. The summed E-state index contributed by atoms with van der Waals surface area (Å²) in [5.41, 5.74) is 3.18. The molecule has 5 heteroatoms. The van der Waals surface area contributed by atoms with Crippen molar-refractivity contribution in [3.8, 4) is 0 Å². The molecular formula is C22H29N3O2. The van der Waals surface area contributed by atoms with Gasteiger partial charge in [-0.25, -0.2) is 0 Å². The number of aromatic nitrogens is 1. The Labute approximate surface area is 162 Å². The van der Waals surface area contributed by atoms with Crippen molar-refractivity contribution in [1.82, 2.24) is 14.8 Å². The van der Waals surface area contributed by atoms with Crippen molar-refractivity contribution in [3.63, 3.8) is 0 Å². The molecule has 1 amide bonds. The molecule has 0 spiro atoms. The summed E-state index contributed by atoms with van der Waals surface area (Å²) in [6.45, 7) is 4.07. The molecule has 0 N–H and O–H groups in total. The lowest BCUT2D eigenvalue weighted by molar-refractivity contribution is -0.139. The number of pyridine rings is 1. The van der Waals surface area contributed by atoms with Crippen molar-refractivity contribution in [2.24, 2.45) is 0 Å². The highest BCUT2D eigenvalue weighted by atomic mass is 16.5. The van der Waals surface area contributed by atoms with Crippen LogP contribution in [0, 0.1) is 6.92 Å². The van der Waals surface area contributed by atoms with Crippen molar-refractivity contribution >= 4 is 5.91 Å². The Morgan fingerprint density at radius 1 is 1.22 bits per heavy atom. The smallest absolute Gasteiger partial charge is 0.244 e. The highest BCUT2D eigenvalue weighted by Crippen LogP contribution is 2.24. The lowest BCUT2D eigenvalue weighted by Gasteiger charge is -2.36. The molecule has 1 aromatic carbocycles. The van der Waals surface area contributed by atoms with Crippen LogP contribution in [0.25, 0.3) is 0 Å². The zero-order valence-corrected chi connectivity index (χ0v) is 16.5. The minimum absolute atomic E-state index is 0.175. The maximum absolute atomic E-state index is 13.2. The quantitative estimate of drug-likeness (QED) is 0.787. The van der Waals surface area contributed by atoms with E-state index in [9.17, 15) is 4.79 Å². The Kier molecular flexibility index (Phi) is 6.58. The van der Waals surface area contributed by atoms with Crippen molar-refractivity contribution in [2.45, 2.75) is 38.5 Å². The fourth-order valence-corrected chi connectivity index (χ4v) is 3.60. The Morgan fingerprint density at radius 3 is 2.63 bits per heavy atom. The molecule has 0 bridgehead atoms. The van der Waals surface area contributed by atoms with Crippen LogP contribution in [0.1, 0.15) is 35.7 Å². The first-order chi connectivity index (χ1) is 13.0. The van der Waals surface area contributed by atoms with Crippen molar-refractivity contribution in [1.29, 1.82) is 0 Å². The zero-order valence-electron chi connectivity index (χ0n) is 16.5. The van der Waals surface area contributed by atoms with E-state index in [1.54, 1.807) is 6.20 Å². The molecule has 5 nitrogen and oxygen atoms in total. The van der Waals surface area contributed by atoms with E-state index in [-0.39, 0.29) is 18.1 Å². The number of amides is 1. The average Bonchev–Trinajstić information content (AvgIpc) is 2.67. The van der Waals surface area contributed by atoms with Crippen LogP contribution < -0.4 is 0 Å². The van der Waals surface area contributed by atoms with E-state index in [2.05, 4.69) is 24.0 Å². The van der Waals surface area contributed by atoms with Gasteiger partial charge in [0, 0.05) is 19.3 Å². The predicted molar refractivity (Wildman–Crippen MR) is 106 cm³/mol. The van der Waals surface area contributed by atoms with E-state index < -0.39 is 0 Å². The summed E-state index contributed by atoms with van der Waals surface area (Å²) in [5, 5.41) is 0. The third kappa shape index (κ3) is 5.15. The van der Waals surface area contributed by atoms with E-state index in [0.717, 1.165) is 37.2 Å². The maximum atomic E-state index is 13.2. The van der Waals surface area contributed by atoms with E-state index in [1.807, 2.05) is 54.2 Å². The summed E-state index contributed by atoms with van der Waals surface area (Å²) in [5.74, 6) is 0.175. The number of ether oxygens (including phenoxy) is 1.